The normalized spacial score (nSPS) is 10.9. The average molecular weight is 315 g/mol. The van der Waals surface area contributed by atoms with Crippen LogP contribution in [0.3, 0.4) is 0 Å². The van der Waals surface area contributed by atoms with E-state index in [-0.39, 0.29) is 11.6 Å². The highest BCUT2D eigenvalue weighted by molar-refractivity contribution is 6.30. The molecular formula is C17H15ClN2O2. The van der Waals surface area contributed by atoms with E-state index < -0.39 is 5.91 Å². The van der Waals surface area contributed by atoms with E-state index in [0.717, 1.165) is 5.56 Å². The second kappa shape index (κ2) is 7.43. The van der Waals surface area contributed by atoms with Gasteiger partial charge in [-0.05, 0) is 35.9 Å². The number of amides is 2. The van der Waals surface area contributed by atoms with Crippen molar-refractivity contribution in [3.63, 3.8) is 0 Å². The van der Waals surface area contributed by atoms with Crippen LogP contribution in [0.4, 0.5) is 5.69 Å². The van der Waals surface area contributed by atoms with Crippen molar-refractivity contribution in [2.75, 3.05) is 5.32 Å². The number of halogens is 1. The molecule has 2 aromatic rings. The second-order valence-corrected chi connectivity index (χ2v) is 5.05. The van der Waals surface area contributed by atoms with Crippen molar-refractivity contribution in [2.24, 2.45) is 0 Å². The minimum Gasteiger partial charge on any atom is -0.322 e. The molecule has 112 valence electrons. The van der Waals surface area contributed by atoms with Crippen LogP contribution >= 0.6 is 11.6 Å². The molecule has 0 saturated heterocycles. The first-order valence-corrected chi connectivity index (χ1v) is 7.03. The summed E-state index contributed by atoms with van der Waals surface area (Å²) in [4.78, 5) is 23.6. The molecule has 0 aliphatic rings. The van der Waals surface area contributed by atoms with Crippen LogP contribution in [0, 0.1) is 0 Å². The number of hydrogen-bond acceptors (Lipinski definition) is 2. The molecule has 2 aromatic carbocycles. The highest BCUT2D eigenvalue weighted by Crippen LogP contribution is 2.14. The Labute approximate surface area is 133 Å². The number of benzene rings is 2. The Morgan fingerprint density at radius 3 is 2.23 bits per heavy atom. The highest BCUT2D eigenvalue weighted by Gasteiger charge is 2.11. The Morgan fingerprint density at radius 2 is 1.64 bits per heavy atom. The van der Waals surface area contributed by atoms with Crippen molar-refractivity contribution in [1.29, 1.82) is 0 Å². The lowest BCUT2D eigenvalue weighted by atomic mass is 10.2. The fourth-order valence-electron chi connectivity index (χ4n) is 1.80. The maximum absolute atomic E-state index is 12.3. The van der Waals surface area contributed by atoms with E-state index in [1.165, 1.54) is 6.92 Å². The molecule has 0 aliphatic heterocycles. The third-order valence-corrected chi connectivity index (χ3v) is 3.02. The summed E-state index contributed by atoms with van der Waals surface area (Å²) < 4.78 is 0. The lowest BCUT2D eigenvalue weighted by Crippen LogP contribution is -2.28. The van der Waals surface area contributed by atoms with Crippen LogP contribution in [0.15, 0.2) is 60.3 Å². The minimum atomic E-state index is -0.402. The van der Waals surface area contributed by atoms with E-state index in [2.05, 4.69) is 10.6 Å². The molecular weight excluding hydrogens is 300 g/mol. The Balaban J connectivity index is 2.21. The maximum atomic E-state index is 12.3. The predicted octanol–water partition coefficient (Wildman–Crippen LogP) is 3.46. The topological polar surface area (TPSA) is 58.2 Å². The van der Waals surface area contributed by atoms with Gasteiger partial charge in [-0.15, -0.1) is 0 Å². The molecule has 2 amide bonds. The molecule has 5 heteroatoms. The van der Waals surface area contributed by atoms with Gasteiger partial charge in [-0.1, -0.05) is 41.9 Å². The molecule has 0 fully saturated rings. The van der Waals surface area contributed by atoms with E-state index in [0.29, 0.717) is 10.7 Å². The molecule has 0 spiro atoms. The molecule has 0 bridgehead atoms. The van der Waals surface area contributed by atoms with Gasteiger partial charge in [0.15, 0.2) is 0 Å². The summed E-state index contributed by atoms with van der Waals surface area (Å²) in [6.45, 7) is 1.36. The van der Waals surface area contributed by atoms with E-state index >= 15 is 0 Å². The third kappa shape index (κ3) is 4.75. The van der Waals surface area contributed by atoms with Gasteiger partial charge in [-0.3, -0.25) is 9.59 Å². The van der Waals surface area contributed by atoms with Gasteiger partial charge in [0.05, 0.1) is 0 Å². The molecule has 4 nitrogen and oxygen atoms in total. The molecule has 0 heterocycles. The van der Waals surface area contributed by atoms with Gasteiger partial charge < -0.3 is 10.6 Å². The quantitative estimate of drug-likeness (QED) is 0.849. The Morgan fingerprint density at radius 1 is 1.00 bits per heavy atom. The van der Waals surface area contributed by atoms with Crippen molar-refractivity contribution in [2.45, 2.75) is 6.92 Å². The molecule has 0 unspecified atom stereocenters. The monoisotopic (exact) mass is 314 g/mol. The number of hydrogen-bond donors (Lipinski definition) is 2. The average Bonchev–Trinajstić information content (AvgIpc) is 2.49. The van der Waals surface area contributed by atoms with Crippen molar-refractivity contribution >= 4 is 35.2 Å². The first kappa shape index (κ1) is 15.8. The van der Waals surface area contributed by atoms with Crippen molar-refractivity contribution in [3.8, 4) is 0 Å². The van der Waals surface area contributed by atoms with Crippen molar-refractivity contribution in [1.82, 2.24) is 5.32 Å². The highest BCUT2D eigenvalue weighted by atomic mass is 35.5. The van der Waals surface area contributed by atoms with Crippen LogP contribution < -0.4 is 10.6 Å². The van der Waals surface area contributed by atoms with Crippen molar-refractivity contribution in [3.05, 3.63) is 70.9 Å². The molecule has 0 aliphatic carbocycles. The van der Waals surface area contributed by atoms with Crippen molar-refractivity contribution < 1.29 is 9.59 Å². The van der Waals surface area contributed by atoms with E-state index in [9.17, 15) is 9.59 Å². The summed E-state index contributed by atoms with van der Waals surface area (Å²) in [5.41, 5.74) is 1.59. The van der Waals surface area contributed by atoms with E-state index in [1.54, 1.807) is 30.3 Å². The van der Waals surface area contributed by atoms with E-state index in [1.807, 2.05) is 30.3 Å². The Hall–Kier alpha value is -2.59. The van der Waals surface area contributed by atoms with E-state index in [4.69, 9.17) is 11.6 Å². The summed E-state index contributed by atoms with van der Waals surface area (Å²) in [5, 5.41) is 5.84. The molecule has 0 atom stereocenters. The largest absolute Gasteiger partial charge is 0.322 e. The Kier molecular flexibility index (Phi) is 5.33. The standard InChI is InChI=1S/C17H15ClN2O2/c1-12(21)19-16(11-13-5-3-2-4-6-13)17(22)20-15-9-7-14(18)8-10-15/h2-11H,1H3,(H,19,21)(H,20,22)/b16-11+. The zero-order valence-corrected chi connectivity index (χ0v) is 12.7. The molecule has 0 radical (unpaired) electrons. The van der Waals surface area contributed by atoms with Crippen LogP contribution in [0.2, 0.25) is 5.02 Å². The fraction of sp³-hybridized carbons (Fsp3) is 0.0588. The minimum absolute atomic E-state index is 0.175. The molecule has 2 rings (SSSR count). The van der Waals surface area contributed by atoms with Crippen LogP contribution in [0.1, 0.15) is 12.5 Å². The number of carbonyl (C=O) groups is 2. The van der Waals surface area contributed by atoms with Crippen LogP contribution in [-0.2, 0) is 9.59 Å². The lowest BCUT2D eigenvalue weighted by Gasteiger charge is -2.10. The molecule has 22 heavy (non-hydrogen) atoms. The summed E-state index contributed by atoms with van der Waals surface area (Å²) in [5.74, 6) is -0.713. The summed E-state index contributed by atoms with van der Waals surface area (Å²) in [6, 6.07) is 16.0. The number of nitrogens with one attached hydrogen (secondary N) is 2. The molecule has 0 saturated carbocycles. The lowest BCUT2D eigenvalue weighted by molar-refractivity contribution is -0.120. The summed E-state index contributed by atoms with van der Waals surface area (Å²) in [7, 11) is 0. The zero-order chi connectivity index (χ0) is 15.9. The first-order valence-electron chi connectivity index (χ1n) is 6.66. The summed E-state index contributed by atoms with van der Waals surface area (Å²) >= 11 is 5.81. The second-order valence-electron chi connectivity index (χ2n) is 4.61. The maximum Gasteiger partial charge on any atom is 0.272 e. The fourth-order valence-corrected chi connectivity index (χ4v) is 1.92. The van der Waals surface area contributed by atoms with Gasteiger partial charge >= 0.3 is 0 Å². The van der Waals surface area contributed by atoms with Crippen LogP contribution in [0.5, 0.6) is 0 Å². The third-order valence-electron chi connectivity index (χ3n) is 2.77. The van der Waals surface area contributed by atoms with Gasteiger partial charge in [-0.2, -0.15) is 0 Å². The molecule has 0 aromatic heterocycles. The van der Waals surface area contributed by atoms with Gasteiger partial charge in [0.2, 0.25) is 5.91 Å². The Bertz CT molecular complexity index is 694. The van der Waals surface area contributed by atoms with Gasteiger partial charge in [0.25, 0.3) is 5.91 Å². The molecule has 2 N–H and O–H groups in total. The predicted molar refractivity (Wildman–Crippen MR) is 88.3 cm³/mol. The van der Waals surface area contributed by atoms with Gasteiger partial charge in [0.1, 0.15) is 5.70 Å². The SMILES string of the molecule is CC(=O)N/C(=C/c1ccccc1)C(=O)Nc1ccc(Cl)cc1. The van der Waals surface area contributed by atoms with Crippen LogP contribution in [0.25, 0.3) is 6.08 Å². The van der Waals surface area contributed by atoms with Crippen LogP contribution in [-0.4, -0.2) is 11.8 Å². The zero-order valence-electron chi connectivity index (χ0n) is 12.0. The number of anilines is 1. The van der Waals surface area contributed by atoms with Gasteiger partial charge in [-0.25, -0.2) is 0 Å². The number of rotatable bonds is 4. The smallest absolute Gasteiger partial charge is 0.272 e. The van der Waals surface area contributed by atoms with Gasteiger partial charge in [0, 0.05) is 17.6 Å². The number of carbonyl (C=O) groups excluding carboxylic acids is 2. The summed E-state index contributed by atoms with van der Waals surface area (Å²) in [6.07, 6.45) is 1.62. The first-order chi connectivity index (χ1) is 10.5.